The summed E-state index contributed by atoms with van der Waals surface area (Å²) in [6.45, 7) is 0.868. The third-order valence-electron chi connectivity index (χ3n) is 3.42. The molecule has 1 aliphatic rings. The van der Waals surface area contributed by atoms with Gasteiger partial charge < -0.3 is 15.2 Å². The third kappa shape index (κ3) is 3.90. The maximum atomic E-state index is 13.8. The molecule has 0 unspecified atom stereocenters. The fourth-order valence-corrected chi connectivity index (χ4v) is 2.36. The van der Waals surface area contributed by atoms with Crippen molar-refractivity contribution >= 4 is 11.8 Å². The number of aromatic carboxylic acids is 1. The zero-order valence-corrected chi connectivity index (χ0v) is 11.3. The highest BCUT2D eigenvalue weighted by molar-refractivity contribution is 5.88. The van der Waals surface area contributed by atoms with Crippen LogP contribution in [0.3, 0.4) is 0 Å². The van der Waals surface area contributed by atoms with Crippen molar-refractivity contribution in [2.24, 2.45) is 0 Å². The standard InChI is InChI=1S/C14H19FN2O3/c15-12-11(14(18)19)6-7-16-13(12)17-8-9-20-10-4-2-1-3-5-10/h6-7,10H,1-5,8-9H2,(H,16,17)(H,18,19). The van der Waals surface area contributed by atoms with E-state index in [4.69, 9.17) is 9.84 Å². The third-order valence-corrected chi connectivity index (χ3v) is 3.42. The van der Waals surface area contributed by atoms with Crippen molar-refractivity contribution in [3.8, 4) is 0 Å². The fourth-order valence-electron chi connectivity index (χ4n) is 2.36. The lowest BCUT2D eigenvalue weighted by Crippen LogP contribution is -2.21. The average Bonchev–Trinajstić information content (AvgIpc) is 2.46. The molecular formula is C14H19FN2O3. The first-order chi connectivity index (χ1) is 9.68. The van der Waals surface area contributed by atoms with Crippen molar-refractivity contribution in [3.05, 3.63) is 23.6 Å². The number of pyridine rings is 1. The highest BCUT2D eigenvalue weighted by Gasteiger charge is 2.15. The van der Waals surface area contributed by atoms with E-state index < -0.39 is 11.8 Å². The van der Waals surface area contributed by atoms with Crippen molar-refractivity contribution in [2.75, 3.05) is 18.5 Å². The van der Waals surface area contributed by atoms with Gasteiger partial charge in [0, 0.05) is 12.7 Å². The van der Waals surface area contributed by atoms with Crippen molar-refractivity contribution in [1.29, 1.82) is 0 Å². The van der Waals surface area contributed by atoms with E-state index in [1.54, 1.807) is 0 Å². The van der Waals surface area contributed by atoms with Gasteiger partial charge in [0.2, 0.25) is 0 Å². The number of rotatable bonds is 6. The molecule has 20 heavy (non-hydrogen) atoms. The predicted molar refractivity (Wildman–Crippen MR) is 72.5 cm³/mol. The van der Waals surface area contributed by atoms with E-state index >= 15 is 0 Å². The van der Waals surface area contributed by atoms with Gasteiger partial charge in [-0.2, -0.15) is 0 Å². The molecule has 1 fully saturated rings. The molecule has 2 rings (SSSR count). The minimum absolute atomic E-state index is 0.0443. The Morgan fingerprint density at radius 1 is 1.45 bits per heavy atom. The largest absolute Gasteiger partial charge is 0.478 e. The van der Waals surface area contributed by atoms with E-state index in [-0.39, 0.29) is 11.4 Å². The maximum Gasteiger partial charge on any atom is 0.338 e. The van der Waals surface area contributed by atoms with Gasteiger partial charge in [-0.05, 0) is 18.9 Å². The normalized spacial score (nSPS) is 16.1. The first kappa shape index (κ1) is 14.7. The summed E-state index contributed by atoms with van der Waals surface area (Å²) in [5, 5.41) is 11.6. The molecule has 0 aromatic carbocycles. The zero-order valence-electron chi connectivity index (χ0n) is 11.3. The molecule has 0 saturated heterocycles. The van der Waals surface area contributed by atoms with Crippen LogP contribution in [0.15, 0.2) is 12.3 Å². The molecule has 0 amide bonds. The lowest BCUT2D eigenvalue weighted by atomic mass is 9.98. The first-order valence-electron chi connectivity index (χ1n) is 6.91. The van der Waals surface area contributed by atoms with Gasteiger partial charge in [-0.25, -0.2) is 14.2 Å². The van der Waals surface area contributed by atoms with Crippen molar-refractivity contribution < 1.29 is 19.0 Å². The van der Waals surface area contributed by atoms with Crippen LogP contribution in [-0.2, 0) is 4.74 Å². The molecule has 0 bridgehead atoms. The predicted octanol–water partition coefficient (Wildman–Crippen LogP) is 2.68. The molecule has 1 aliphatic carbocycles. The summed E-state index contributed by atoms with van der Waals surface area (Å²) in [6, 6.07) is 1.14. The van der Waals surface area contributed by atoms with Crippen LogP contribution in [0.25, 0.3) is 0 Å². The van der Waals surface area contributed by atoms with E-state index in [1.807, 2.05) is 0 Å². The Morgan fingerprint density at radius 2 is 2.20 bits per heavy atom. The highest BCUT2D eigenvalue weighted by atomic mass is 19.1. The van der Waals surface area contributed by atoms with Crippen molar-refractivity contribution in [3.63, 3.8) is 0 Å². The van der Waals surface area contributed by atoms with Gasteiger partial charge in [-0.1, -0.05) is 19.3 Å². The molecule has 0 radical (unpaired) electrons. The molecule has 5 nitrogen and oxygen atoms in total. The smallest absolute Gasteiger partial charge is 0.338 e. The summed E-state index contributed by atoms with van der Waals surface area (Å²) in [4.78, 5) is 14.6. The second-order valence-electron chi connectivity index (χ2n) is 4.88. The lowest BCUT2D eigenvalue weighted by Gasteiger charge is -2.22. The quantitative estimate of drug-likeness (QED) is 0.785. The second kappa shape index (κ2) is 7.19. The Bertz CT molecular complexity index is 462. The van der Waals surface area contributed by atoms with Gasteiger partial charge in [-0.3, -0.25) is 0 Å². The highest BCUT2D eigenvalue weighted by Crippen LogP contribution is 2.20. The van der Waals surface area contributed by atoms with E-state index in [9.17, 15) is 9.18 Å². The van der Waals surface area contributed by atoms with E-state index in [0.29, 0.717) is 19.3 Å². The number of halogens is 1. The molecule has 0 spiro atoms. The Kier molecular flexibility index (Phi) is 5.29. The Morgan fingerprint density at radius 3 is 2.90 bits per heavy atom. The number of ether oxygens (including phenoxy) is 1. The number of aromatic nitrogens is 1. The van der Waals surface area contributed by atoms with Crippen LogP contribution >= 0.6 is 0 Å². The van der Waals surface area contributed by atoms with Crippen LogP contribution in [-0.4, -0.2) is 35.3 Å². The Balaban J connectivity index is 1.79. The molecule has 1 heterocycles. The molecule has 0 atom stereocenters. The lowest BCUT2D eigenvalue weighted by molar-refractivity contribution is 0.0347. The van der Waals surface area contributed by atoms with Crippen LogP contribution in [0, 0.1) is 5.82 Å². The number of carbonyl (C=O) groups is 1. The first-order valence-corrected chi connectivity index (χ1v) is 6.91. The molecule has 0 aliphatic heterocycles. The van der Waals surface area contributed by atoms with Gasteiger partial charge in [0.1, 0.15) is 5.56 Å². The minimum atomic E-state index is -1.30. The molecule has 110 valence electrons. The minimum Gasteiger partial charge on any atom is -0.478 e. The maximum absolute atomic E-state index is 13.8. The van der Waals surface area contributed by atoms with Crippen LogP contribution in [0.4, 0.5) is 10.2 Å². The van der Waals surface area contributed by atoms with Crippen molar-refractivity contribution in [1.82, 2.24) is 4.98 Å². The van der Waals surface area contributed by atoms with E-state index in [0.717, 1.165) is 18.9 Å². The van der Waals surface area contributed by atoms with Crippen LogP contribution in [0.1, 0.15) is 42.5 Å². The number of hydrogen-bond acceptors (Lipinski definition) is 4. The molecular weight excluding hydrogens is 263 g/mol. The number of nitrogens with one attached hydrogen (secondary N) is 1. The van der Waals surface area contributed by atoms with E-state index in [2.05, 4.69) is 10.3 Å². The van der Waals surface area contributed by atoms with Gasteiger partial charge in [0.15, 0.2) is 11.6 Å². The number of nitrogens with zero attached hydrogens (tertiary/aromatic N) is 1. The van der Waals surface area contributed by atoms with Crippen LogP contribution in [0.2, 0.25) is 0 Å². The SMILES string of the molecule is O=C(O)c1ccnc(NCCOC2CCCCC2)c1F. The summed E-state index contributed by atoms with van der Waals surface area (Å²) in [7, 11) is 0. The summed E-state index contributed by atoms with van der Waals surface area (Å²) >= 11 is 0. The molecule has 1 aromatic heterocycles. The summed E-state index contributed by atoms with van der Waals surface area (Å²) in [5.41, 5.74) is -0.379. The van der Waals surface area contributed by atoms with Crippen molar-refractivity contribution in [2.45, 2.75) is 38.2 Å². The number of carboxylic acid groups (broad SMARTS) is 1. The number of hydrogen-bond donors (Lipinski definition) is 2. The van der Waals surface area contributed by atoms with Gasteiger partial charge in [-0.15, -0.1) is 0 Å². The Labute approximate surface area is 117 Å². The van der Waals surface area contributed by atoms with E-state index in [1.165, 1.54) is 25.5 Å². The molecule has 2 N–H and O–H groups in total. The zero-order chi connectivity index (χ0) is 14.4. The Hall–Kier alpha value is -1.69. The summed E-state index contributed by atoms with van der Waals surface area (Å²) in [6.07, 6.45) is 7.42. The van der Waals surface area contributed by atoms with Crippen LogP contribution < -0.4 is 5.32 Å². The number of anilines is 1. The van der Waals surface area contributed by atoms with Gasteiger partial charge >= 0.3 is 5.97 Å². The average molecular weight is 282 g/mol. The second-order valence-corrected chi connectivity index (χ2v) is 4.88. The summed E-state index contributed by atoms with van der Waals surface area (Å²) in [5.74, 6) is -2.18. The van der Waals surface area contributed by atoms with Gasteiger partial charge in [0.05, 0.1) is 12.7 Å². The molecule has 6 heteroatoms. The number of carboxylic acids is 1. The molecule has 1 aromatic rings. The van der Waals surface area contributed by atoms with Crippen LogP contribution in [0.5, 0.6) is 0 Å². The summed E-state index contributed by atoms with van der Waals surface area (Å²) < 4.78 is 19.5. The fraction of sp³-hybridized carbons (Fsp3) is 0.571. The topological polar surface area (TPSA) is 71.5 Å². The van der Waals surface area contributed by atoms with Gasteiger partial charge in [0.25, 0.3) is 0 Å². The molecule has 1 saturated carbocycles. The monoisotopic (exact) mass is 282 g/mol.